The molecule has 0 radical (unpaired) electrons. The molecule has 2 saturated heterocycles. The van der Waals surface area contributed by atoms with E-state index in [0.29, 0.717) is 32.2 Å². The maximum atomic E-state index is 12.9. The van der Waals surface area contributed by atoms with E-state index in [1.807, 2.05) is 0 Å². The van der Waals surface area contributed by atoms with Gasteiger partial charge < -0.3 is 35.4 Å². The van der Waals surface area contributed by atoms with Gasteiger partial charge in [-0.2, -0.15) is 0 Å². The lowest BCUT2D eigenvalue weighted by atomic mass is 10.1. The first-order chi connectivity index (χ1) is 14.9. The molecule has 2 heterocycles. The van der Waals surface area contributed by atoms with Crippen LogP contribution in [0.3, 0.4) is 0 Å². The van der Waals surface area contributed by atoms with Crippen molar-refractivity contribution in [3.8, 4) is 0 Å². The van der Waals surface area contributed by atoms with Gasteiger partial charge in [0.1, 0.15) is 18.1 Å². The number of hydrogen-bond donors (Lipinski definition) is 4. The number of hydrogen-bond acceptors (Lipinski definition) is 8. The molecule has 0 aromatic heterocycles. The Morgan fingerprint density at radius 1 is 0.938 bits per heavy atom. The largest absolute Gasteiger partial charge is 0.465 e. The van der Waals surface area contributed by atoms with Crippen molar-refractivity contribution in [3.63, 3.8) is 0 Å². The zero-order valence-electron chi connectivity index (χ0n) is 18.8. The van der Waals surface area contributed by atoms with Crippen molar-refractivity contribution in [1.82, 2.24) is 20.4 Å². The van der Waals surface area contributed by atoms with Gasteiger partial charge in [0.2, 0.25) is 23.6 Å². The van der Waals surface area contributed by atoms with Gasteiger partial charge in [-0.1, -0.05) is 0 Å². The molecule has 32 heavy (non-hydrogen) atoms. The average molecular weight is 456 g/mol. The summed E-state index contributed by atoms with van der Waals surface area (Å²) in [5.74, 6) is -6.01. The number of rotatable bonds is 7. The molecule has 180 valence electrons. The minimum atomic E-state index is -2.93. The van der Waals surface area contributed by atoms with Gasteiger partial charge in [-0.3, -0.25) is 19.2 Å². The van der Waals surface area contributed by atoms with Crippen LogP contribution < -0.4 is 10.6 Å². The minimum Gasteiger partial charge on any atom is -0.465 e. The number of carbonyl (C=O) groups excluding carboxylic acids is 5. The molecule has 0 bridgehead atoms. The van der Waals surface area contributed by atoms with Crippen LogP contribution in [0.25, 0.3) is 0 Å². The van der Waals surface area contributed by atoms with Crippen LogP contribution in [0.4, 0.5) is 0 Å². The highest BCUT2D eigenvalue weighted by molar-refractivity contribution is 5.94. The third-order valence-electron chi connectivity index (χ3n) is 5.98. The summed E-state index contributed by atoms with van der Waals surface area (Å²) in [5, 5.41) is 24.7. The van der Waals surface area contributed by atoms with Crippen LogP contribution in [-0.2, 0) is 28.7 Å². The van der Waals surface area contributed by atoms with Crippen molar-refractivity contribution in [2.75, 3.05) is 20.2 Å². The summed E-state index contributed by atoms with van der Waals surface area (Å²) in [4.78, 5) is 64.2. The molecule has 2 aliphatic heterocycles. The normalized spacial score (nSPS) is 22.8. The molecule has 2 fully saturated rings. The van der Waals surface area contributed by atoms with E-state index in [-0.39, 0.29) is 12.5 Å². The molecule has 0 saturated carbocycles. The fourth-order valence-electron chi connectivity index (χ4n) is 4.08. The van der Waals surface area contributed by atoms with E-state index in [2.05, 4.69) is 15.4 Å². The van der Waals surface area contributed by atoms with E-state index in [1.54, 1.807) is 0 Å². The molecular weight excluding hydrogens is 424 g/mol. The van der Waals surface area contributed by atoms with Crippen molar-refractivity contribution < 1.29 is 38.9 Å². The second-order valence-electron chi connectivity index (χ2n) is 8.24. The molecule has 0 aromatic rings. The Bertz CT molecular complexity index is 771. The molecule has 2 rings (SSSR count). The Balaban J connectivity index is 2.00. The first kappa shape index (κ1) is 25.5. The van der Waals surface area contributed by atoms with Crippen molar-refractivity contribution >= 4 is 29.6 Å². The lowest BCUT2D eigenvalue weighted by Crippen LogP contribution is -2.60. The van der Waals surface area contributed by atoms with Crippen LogP contribution in [0.5, 0.6) is 0 Å². The number of methoxy groups -OCH3 is 1. The SMILES string of the molecule is COC(=O)C(O)(O)C(C)NC(=O)[C@@H]1CCCN1C(=O)[C@H](C)NC(=O)[C@@H]1CCCN1C(C)=O. The van der Waals surface area contributed by atoms with Crippen molar-refractivity contribution in [3.05, 3.63) is 0 Å². The summed E-state index contributed by atoms with van der Waals surface area (Å²) in [6, 6.07) is -3.83. The second-order valence-corrected chi connectivity index (χ2v) is 8.24. The highest BCUT2D eigenvalue weighted by atomic mass is 16.6. The van der Waals surface area contributed by atoms with E-state index >= 15 is 0 Å². The second kappa shape index (κ2) is 10.3. The first-order valence-corrected chi connectivity index (χ1v) is 10.6. The number of aliphatic hydroxyl groups is 2. The van der Waals surface area contributed by atoms with Crippen LogP contribution >= 0.6 is 0 Å². The quantitative estimate of drug-likeness (QED) is 0.249. The van der Waals surface area contributed by atoms with Crippen LogP contribution in [0.1, 0.15) is 46.5 Å². The Morgan fingerprint density at radius 2 is 1.44 bits per heavy atom. The molecule has 1 unspecified atom stereocenters. The Labute approximate surface area is 186 Å². The van der Waals surface area contributed by atoms with Gasteiger partial charge in [0, 0.05) is 20.0 Å². The molecular formula is C20H32N4O8. The van der Waals surface area contributed by atoms with E-state index in [4.69, 9.17) is 0 Å². The molecule has 0 aromatic carbocycles. The summed E-state index contributed by atoms with van der Waals surface area (Å²) in [5.41, 5.74) is 0. The van der Waals surface area contributed by atoms with Gasteiger partial charge in [0.15, 0.2) is 0 Å². The van der Waals surface area contributed by atoms with E-state index in [1.165, 1.54) is 30.6 Å². The number of carbonyl (C=O) groups is 5. The monoisotopic (exact) mass is 456 g/mol. The van der Waals surface area contributed by atoms with Crippen molar-refractivity contribution in [2.24, 2.45) is 0 Å². The van der Waals surface area contributed by atoms with Gasteiger partial charge >= 0.3 is 5.97 Å². The third-order valence-corrected chi connectivity index (χ3v) is 5.98. The topological polar surface area (TPSA) is 166 Å². The lowest BCUT2D eigenvalue weighted by molar-refractivity contribution is -0.215. The molecule has 12 nitrogen and oxygen atoms in total. The van der Waals surface area contributed by atoms with Gasteiger partial charge in [0.05, 0.1) is 13.2 Å². The van der Waals surface area contributed by atoms with Gasteiger partial charge in [-0.25, -0.2) is 4.79 Å². The van der Waals surface area contributed by atoms with Crippen LogP contribution in [0, 0.1) is 0 Å². The standard InChI is InChI=1S/C20H32N4O8/c1-11(21-16(26)14-7-5-9-23(14)13(3)25)18(28)24-10-6-8-15(24)17(27)22-12(2)20(30,31)19(29)32-4/h11-12,14-15,30-31H,5-10H2,1-4H3,(H,21,26)(H,22,27)/t11-,12?,14-,15-/m0/s1. The number of amides is 4. The molecule has 12 heteroatoms. The molecule has 2 aliphatic rings. The molecule has 0 spiro atoms. The average Bonchev–Trinajstić information content (AvgIpc) is 3.41. The summed E-state index contributed by atoms with van der Waals surface area (Å²) >= 11 is 0. The number of likely N-dealkylation sites (tertiary alicyclic amines) is 2. The Hall–Kier alpha value is -2.73. The summed E-state index contributed by atoms with van der Waals surface area (Å²) in [6.45, 7) is 4.90. The molecule has 4 amide bonds. The van der Waals surface area contributed by atoms with E-state index < -0.39 is 53.6 Å². The predicted molar refractivity (Wildman–Crippen MR) is 110 cm³/mol. The predicted octanol–water partition coefficient (Wildman–Crippen LogP) is -2.15. The maximum absolute atomic E-state index is 12.9. The summed E-state index contributed by atoms with van der Waals surface area (Å²) in [7, 11) is 0.978. The van der Waals surface area contributed by atoms with Gasteiger partial charge in [-0.05, 0) is 39.5 Å². The highest BCUT2D eigenvalue weighted by Gasteiger charge is 2.44. The van der Waals surface area contributed by atoms with Crippen LogP contribution in [-0.4, -0.2) is 99.8 Å². The fourth-order valence-corrected chi connectivity index (χ4v) is 4.08. The van der Waals surface area contributed by atoms with Gasteiger partial charge in [-0.15, -0.1) is 0 Å². The molecule has 4 atom stereocenters. The zero-order valence-corrected chi connectivity index (χ0v) is 18.8. The maximum Gasteiger partial charge on any atom is 0.368 e. The summed E-state index contributed by atoms with van der Waals surface area (Å²) < 4.78 is 4.32. The number of nitrogens with zero attached hydrogens (tertiary/aromatic N) is 2. The zero-order chi connectivity index (χ0) is 24.2. The number of esters is 1. The van der Waals surface area contributed by atoms with Crippen LogP contribution in [0.15, 0.2) is 0 Å². The fraction of sp³-hybridized carbons (Fsp3) is 0.750. The third kappa shape index (κ3) is 5.36. The number of nitrogens with one attached hydrogen (secondary N) is 2. The molecule has 4 N–H and O–H groups in total. The van der Waals surface area contributed by atoms with Crippen molar-refractivity contribution in [1.29, 1.82) is 0 Å². The van der Waals surface area contributed by atoms with E-state index in [9.17, 15) is 34.2 Å². The number of ether oxygens (including phenoxy) is 1. The van der Waals surface area contributed by atoms with E-state index in [0.717, 1.165) is 7.11 Å². The first-order valence-electron chi connectivity index (χ1n) is 10.6. The Kier molecular flexibility index (Phi) is 8.18. The summed E-state index contributed by atoms with van der Waals surface area (Å²) in [6.07, 6.45) is 2.10. The highest BCUT2D eigenvalue weighted by Crippen LogP contribution is 2.21. The smallest absolute Gasteiger partial charge is 0.368 e. The molecule has 0 aliphatic carbocycles. The lowest BCUT2D eigenvalue weighted by Gasteiger charge is -2.31. The minimum absolute atomic E-state index is 0.206. The van der Waals surface area contributed by atoms with Crippen LogP contribution in [0.2, 0.25) is 0 Å². The van der Waals surface area contributed by atoms with Gasteiger partial charge in [0.25, 0.3) is 5.79 Å². The van der Waals surface area contributed by atoms with Crippen molar-refractivity contribution in [2.45, 2.75) is 76.4 Å². The Morgan fingerprint density at radius 3 is 1.97 bits per heavy atom.